The minimum atomic E-state index is -0.339. The lowest BCUT2D eigenvalue weighted by molar-refractivity contribution is -0.138. The molecular weight excluding hydrogens is 378 g/mol. The number of piperidine rings is 1. The van der Waals surface area contributed by atoms with Crippen molar-refractivity contribution in [3.63, 3.8) is 0 Å². The maximum atomic E-state index is 13.2. The summed E-state index contributed by atoms with van der Waals surface area (Å²) in [7, 11) is 1.78. The minimum Gasteiger partial charge on any atom is -0.463 e. The first kappa shape index (κ1) is 26.2. The Bertz CT molecular complexity index is 615. The quantitative estimate of drug-likeness (QED) is 0.407. The van der Waals surface area contributed by atoms with Crippen molar-refractivity contribution in [2.24, 2.45) is 5.92 Å². The maximum Gasteiger partial charge on any atom is 0.333 e. The Hall–Kier alpha value is -1.82. The molecule has 1 aliphatic heterocycles. The Morgan fingerprint density at radius 1 is 1.27 bits per heavy atom. The van der Waals surface area contributed by atoms with Gasteiger partial charge in [-0.15, -0.1) is 0 Å². The molecule has 0 spiro atoms. The van der Waals surface area contributed by atoms with Gasteiger partial charge in [0.2, 0.25) is 5.91 Å². The van der Waals surface area contributed by atoms with Crippen molar-refractivity contribution in [2.75, 3.05) is 26.7 Å². The average molecular weight is 422 g/mol. The number of hydrogen-bond acceptors (Lipinski definition) is 5. The highest BCUT2D eigenvalue weighted by molar-refractivity contribution is 5.88. The second-order valence-corrected chi connectivity index (χ2v) is 8.70. The Morgan fingerprint density at radius 2 is 1.93 bits per heavy atom. The molecule has 1 saturated heterocycles. The molecule has 6 heteroatoms. The highest BCUT2D eigenvalue weighted by Gasteiger charge is 2.32. The molecule has 1 rings (SSSR count). The van der Waals surface area contributed by atoms with Crippen LogP contribution in [0.25, 0.3) is 0 Å². The lowest BCUT2D eigenvalue weighted by Crippen LogP contribution is -2.53. The molecule has 1 heterocycles. The molecule has 0 aromatic heterocycles. The van der Waals surface area contributed by atoms with Crippen molar-refractivity contribution in [1.82, 2.24) is 15.1 Å². The Balaban J connectivity index is 2.87. The number of esters is 1. The van der Waals surface area contributed by atoms with E-state index in [-0.39, 0.29) is 29.9 Å². The Kier molecular flexibility index (Phi) is 11.2. The zero-order chi connectivity index (χ0) is 22.8. The van der Waals surface area contributed by atoms with E-state index in [1.165, 1.54) is 12.8 Å². The van der Waals surface area contributed by atoms with Crippen molar-refractivity contribution in [3.8, 4) is 0 Å². The molecule has 3 atom stereocenters. The molecule has 0 aromatic carbocycles. The fraction of sp³-hybridized carbons (Fsp3) is 0.750. The van der Waals surface area contributed by atoms with E-state index in [0.717, 1.165) is 25.1 Å². The van der Waals surface area contributed by atoms with Gasteiger partial charge in [-0.25, -0.2) is 4.79 Å². The van der Waals surface area contributed by atoms with E-state index in [4.69, 9.17) is 4.74 Å². The summed E-state index contributed by atoms with van der Waals surface area (Å²) in [5, 5.41) is 3.49. The molecule has 0 radical (unpaired) electrons. The molecule has 1 N–H and O–H groups in total. The fourth-order valence-corrected chi connectivity index (χ4v) is 3.85. The summed E-state index contributed by atoms with van der Waals surface area (Å²) in [5.74, 6) is -0.150. The number of nitrogens with one attached hydrogen (secondary N) is 1. The normalized spacial score (nSPS) is 19.9. The van der Waals surface area contributed by atoms with Crippen molar-refractivity contribution >= 4 is 11.9 Å². The predicted octanol–water partition coefficient (Wildman–Crippen LogP) is 3.74. The summed E-state index contributed by atoms with van der Waals surface area (Å²) >= 11 is 0. The first-order valence-corrected chi connectivity index (χ1v) is 11.4. The molecule has 0 bridgehead atoms. The lowest BCUT2D eigenvalue weighted by Gasteiger charge is -2.41. The van der Waals surface area contributed by atoms with Gasteiger partial charge in [0.15, 0.2) is 0 Å². The van der Waals surface area contributed by atoms with Crippen LogP contribution in [-0.4, -0.2) is 66.5 Å². The molecule has 2 unspecified atom stereocenters. The molecule has 0 aromatic rings. The molecule has 6 nitrogen and oxygen atoms in total. The van der Waals surface area contributed by atoms with Crippen molar-refractivity contribution < 1.29 is 14.3 Å². The van der Waals surface area contributed by atoms with E-state index in [2.05, 4.69) is 44.5 Å². The monoisotopic (exact) mass is 421 g/mol. The Labute approximate surface area is 183 Å². The first-order chi connectivity index (χ1) is 14.1. The molecule has 1 aliphatic rings. The lowest BCUT2D eigenvalue weighted by atomic mass is 9.94. The van der Waals surface area contributed by atoms with Gasteiger partial charge in [-0.05, 0) is 53.0 Å². The van der Waals surface area contributed by atoms with Gasteiger partial charge in [0.25, 0.3) is 0 Å². The average Bonchev–Trinajstić information content (AvgIpc) is 2.74. The third-order valence-corrected chi connectivity index (χ3v) is 6.07. The number of likely N-dealkylation sites (tertiary alicyclic amines) is 1. The summed E-state index contributed by atoms with van der Waals surface area (Å²) in [6, 6.07) is 0.374. The van der Waals surface area contributed by atoms with Gasteiger partial charge in [0.05, 0.1) is 6.61 Å². The number of likely N-dealkylation sites (N-methyl/N-ethyl adjacent to an activating group) is 1. The van der Waals surface area contributed by atoms with Crippen LogP contribution in [0.2, 0.25) is 0 Å². The van der Waals surface area contributed by atoms with Crippen LogP contribution < -0.4 is 5.32 Å². The van der Waals surface area contributed by atoms with Crippen LogP contribution in [0, 0.1) is 5.92 Å². The second-order valence-electron chi connectivity index (χ2n) is 8.70. The number of amides is 1. The largest absolute Gasteiger partial charge is 0.463 e. The standard InChI is InChI=1S/C24H43N3O3/c1-9-18(5)22(23(28)26(8)16-14-19(6)24(29)30-10-2)25-20(7)21-13-11-12-15-27(21)17(3)4/h14,17-18,21-22,25H,7,9-13,15-16H2,1-6,8H3/b19-14+/t18-,21?,22?/m0/s1. The minimum absolute atomic E-state index is 0.0188. The highest BCUT2D eigenvalue weighted by atomic mass is 16.5. The summed E-state index contributed by atoms with van der Waals surface area (Å²) < 4.78 is 5.01. The number of ether oxygens (including phenoxy) is 1. The van der Waals surface area contributed by atoms with Crippen molar-refractivity contribution in [3.05, 3.63) is 23.9 Å². The summed E-state index contributed by atoms with van der Waals surface area (Å²) in [6.07, 6.45) is 6.11. The summed E-state index contributed by atoms with van der Waals surface area (Å²) in [5.41, 5.74) is 1.46. The van der Waals surface area contributed by atoms with Crippen LogP contribution >= 0.6 is 0 Å². The molecule has 0 saturated carbocycles. The van der Waals surface area contributed by atoms with Gasteiger partial charge < -0.3 is 15.0 Å². The topological polar surface area (TPSA) is 61.9 Å². The van der Waals surface area contributed by atoms with Gasteiger partial charge in [-0.1, -0.05) is 39.3 Å². The van der Waals surface area contributed by atoms with E-state index in [9.17, 15) is 9.59 Å². The maximum absolute atomic E-state index is 13.2. The molecule has 1 fully saturated rings. The number of nitrogens with zero attached hydrogens (tertiary/aromatic N) is 2. The zero-order valence-electron chi connectivity index (χ0n) is 20.2. The van der Waals surface area contributed by atoms with Crippen LogP contribution in [0.4, 0.5) is 0 Å². The molecule has 30 heavy (non-hydrogen) atoms. The number of carbonyl (C=O) groups excluding carboxylic acids is 2. The van der Waals surface area contributed by atoms with Gasteiger partial charge in [-0.3, -0.25) is 9.69 Å². The Morgan fingerprint density at radius 3 is 2.50 bits per heavy atom. The number of rotatable bonds is 11. The third-order valence-electron chi connectivity index (χ3n) is 6.07. The first-order valence-electron chi connectivity index (χ1n) is 11.4. The summed E-state index contributed by atoms with van der Waals surface area (Å²) in [6.45, 7) is 18.2. The number of carbonyl (C=O) groups is 2. The van der Waals surface area contributed by atoms with Crippen LogP contribution in [0.3, 0.4) is 0 Å². The third kappa shape index (κ3) is 7.46. The highest BCUT2D eigenvalue weighted by Crippen LogP contribution is 2.24. The van der Waals surface area contributed by atoms with Crippen molar-refractivity contribution in [2.45, 2.75) is 85.4 Å². The molecule has 1 amide bonds. The van der Waals surface area contributed by atoms with E-state index in [1.54, 1.807) is 31.9 Å². The van der Waals surface area contributed by atoms with Gasteiger partial charge in [0.1, 0.15) is 6.04 Å². The van der Waals surface area contributed by atoms with E-state index in [0.29, 0.717) is 24.8 Å². The van der Waals surface area contributed by atoms with Crippen LogP contribution in [0.15, 0.2) is 23.9 Å². The van der Waals surface area contributed by atoms with Crippen LogP contribution in [0.5, 0.6) is 0 Å². The summed E-state index contributed by atoms with van der Waals surface area (Å²) in [4.78, 5) is 29.2. The molecule has 172 valence electrons. The van der Waals surface area contributed by atoms with Crippen LogP contribution in [0.1, 0.15) is 67.2 Å². The number of hydrogen-bond donors (Lipinski definition) is 1. The van der Waals surface area contributed by atoms with Crippen molar-refractivity contribution in [1.29, 1.82) is 0 Å². The van der Waals surface area contributed by atoms with Gasteiger partial charge in [-0.2, -0.15) is 0 Å². The smallest absolute Gasteiger partial charge is 0.333 e. The van der Waals surface area contributed by atoms with Gasteiger partial charge >= 0.3 is 5.97 Å². The molecular formula is C24H43N3O3. The predicted molar refractivity (Wildman–Crippen MR) is 123 cm³/mol. The van der Waals surface area contributed by atoms with E-state index < -0.39 is 0 Å². The molecule has 0 aliphatic carbocycles. The van der Waals surface area contributed by atoms with Crippen LogP contribution in [-0.2, 0) is 14.3 Å². The van der Waals surface area contributed by atoms with E-state index >= 15 is 0 Å². The fourth-order valence-electron chi connectivity index (χ4n) is 3.85. The van der Waals surface area contributed by atoms with E-state index in [1.807, 2.05) is 0 Å². The zero-order valence-corrected chi connectivity index (χ0v) is 20.2. The second kappa shape index (κ2) is 12.8. The SMILES string of the molecule is C=C(NC(C(=O)N(C)C/C=C(\C)C(=O)OCC)[C@@H](C)CC)C1CCCCN1C(C)C. The van der Waals surface area contributed by atoms with Gasteiger partial charge in [0, 0.05) is 36.9 Å².